The number of hydrogen-bond donors (Lipinski definition) is 1. The van der Waals surface area contributed by atoms with Gasteiger partial charge in [-0.15, -0.1) is 0 Å². The molecule has 8 heteroatoms. The number of aldehydes is 1. The molecule has 24 heavy (non-hydrogen) atoms. The standard InChI is InChI=1S/C16H13FN2O5/c1-10(16(21)18-13-4-2-3-12(17)8-13)24-15-6-5-14(19(22)23)7-11(15)9-20/h2-10H,1H3,(H,18,21)/t10-/m0/s1. The third kappa shape index (κ3) is 4.13. The van der Waals surface area contributed by atoms with Crippen LogP contribution < -0.4 is 10.1 Å². The lowest BCUT2D eigenvalue weighted by molar-refractivity contribution is -0.384. The van der Waals surface area contributed by atoms with Crippen LogP contribution in [0.5, 0.6) is 5.75 Å². The second kappa shape index (κ2) is 7.32. The van der Waals surface area contributed by atoms with Gasteiger partial charge in [0, 0.05) is 17.8 Å². The summed E-state index contributed by atoms with van der Waals surface area (Å²) in [5.41, 5.74) is -0.0503. The predicted octanol–water partition coefficient (Wildman–Crippen LogP) is 2.95. The maximum Gasteiger partial charge on any atom is 0.270 e. The van der Waals surface area contributed by atoms with Crippen molar-refractivity contribution in [2.45, 2.75) is 13.0 Å². The van der Waals surface area contributed by atoms with Crippen LogP contribution >= 0.6 is 0 Å². The van der Waals surface area contributed by atoms with E-state index < -0.39 is 22.8 Å². The molecular weight excluding hydrogens is 319 g/mol. The summed E-state index contributed by atoms with van der Waals surface area (Å²) in [6, 6.07) is 8.80. The Morgan fingerprint density at radius 1 is 1.33 bits per heavy atom. The summed E-state index contributed by atoms with van der Waals surface area (Å²) in [4.78, 5) is 33.1. The molecule has 0 saturated heterocycles. The van der Waals surface area contributed by atoms with Crippen molar-refractivity contribution in [3.63, 3.8) is 0 Å². The van der Waals surface area contributed by atoms with E-state index in [0.29, 0.717) is 6.29 Å². The van der Waals surface area contributed by atoms with Crippen LogP contribution in [-0.2, 0) is 4.79 Å². The van der Waals surface area contributed by atoms with Gasteiger partial charge in [-0.2, -0.15) is 0 Å². The fourth-order valence-electron chi connectivity index (χ4n) is 1.90. The second-order valence-electron chi connectivity index (χ2n) is 4.86. The fourth-order valence-corrected chi connectivity index (χ4v) is 1.90. The normalized spacial score (nSPS) is 11.4. The minimum atomic E-state index is -1.01. The zero-order valence-corrected chi connectivity index (χ0v) is 12.6. The first-order chi connectivity index (χ1) is 11.4. The highest BCUT2D eigenvalue weighted by atomic mass is 19.1. The van der Waals surface area contributed by atoms with E-state index in [1.807, 2.05) is 0 Å². The molecule has 0 aliphatic carbocycles. The van der Waals surface area contributed by atoms with Crippen LogP contribution in [0.3, 0.4) is 0 Å². The van der Waals surface area contributed by atoms with E-state index in [-0.39, 0.29) is 22.7 Å². The highest BCUT2D eigenvalue weighted by Crippen LogP contribution is 2.24. The molecule has 1 N–H and O–H groups in total. The average Bonchev–Trinajstić information content (AvgIpc) is 2.54. The number of hydrogen-bond acceptors (Lipinski definition) is 5. The van der Waals surface area contributed by atoms with Crippen LogP contribution in [0.15, 0.2) is 42.5 Å². The van der Waals surface area contributed by atoms with Gasteiger partial charge >= 0.3 is 0 Å². The van der Waals surface area contributed by atoms with Crippen molar-refractivity contribution in [2.75, 3.05) is 5.32 Å². The van der Waals surface area contributed by atoms with Crippen LogP contribution in [0.25, 0.3) is 0 Å². The number of non-ortho nitro benzene ring substituents is 1. The Morgan fingerprint density at radius 3 is 2.71 bits per heavy atom. The molecule has 0 radical (unpaired) electrons. The first-order valence-electron chi connectivity index (χ1n) is 6.87. The third-order valence-electron chi connectivity index (χ3n) is 3.10. The fraction of sp³-hybridized carbons (Fsp3) is 0.125. The van der Waals surface area contributed by atoms with Gasteiger partial charge in [-0.3, -0.25) is 19.7 Å². The van der Waals surface area contributed by atoms with Gasteiger partial charge in [0.25, 0.3) is 11.6 Å². The van der Waals surface area contributed by atoms with Crippen LogP contribution in [0, 0.1) is 15.9 Å². The Labute approximate surface area is 136 Å². The van der Waals surface area contributed by atoms with E-state index in [1.54, 1.807) is 0 Å². The van der Waals surface area contributed by atoms with Gasteiger partial charge in [0.2, 0.25) is 0 Å². The largest absolute Gasteiger partial charge is 0.480 e. The molecule has 0 aliphatic rings. The number of rotatable bonds is 6. The molecule has 0 fully saturated rings. The van der Waals surface area contributed by atoms with Gasteiger partial charge in [0.05, 0.1) is 10.5 Å². The van der Waals surface area contributed by atoms with E-state index in [2.05, 4.69) is 5.32 Å². The molecule has 1 amide bonds. The molecule has 124 valence electrons. The summed E-state index contributed by atoms with van der Waals surface area (Å²) in [6.07, 6.45) is -0.604. The Balaban J connectivity index is 2.11. The van der Waals surface area contributed by atoms with Crippen molar-refractivity contribution >= 4 is 23.6 Å². The van der Waals surface area contributed by atoms with Gasteiger partial charge in [0.15, 0.2) is 12.4 Å². The molecule has 7 nitrogen and oxygen atoms in total. The quantitative estimate of drug-likeness (QED) is 0.498. The van der Waals surface area contributed by atoms with E-state index in [9.17, 15) is 24.1 Å². The average molecular weight is 332 g/mol. The lowest BCUT2D eigenvalue weighted by Gasteiger charge is -2.15. The lowest BCUT2D eigenvalue weighted by Crippen LogP contribution is -2.30. The monoisotopic (exact) mass is 332 g/mol. The molecule has 0 aliphatic heterocycles. The molecule has 0 bridgehead atoms. The Morgan fingerprint density at radius 2 is 2.08 bits per heavy atom. The summed E-state index contributed by atoms with van der Waals surface area (Å²) in [6.45, 7) is 1.44. The summed E-state index contributed by atoms with van der Waals surface area (Å²) >= 11 is 0. The lowest BCUT2D eigenvalue weighted by atomic mass is 10.2. The van der Waals surface area contributed by atoms with E-state index >= 15 is 0 Å². The number of carbonyl (C=O) groups is 2. The number of nitrogens with one attached hydrogen (secondary N) is 1. The summed E-state index contributed by atoms with van der Waals surface area (Å²) in [7, 11) is 0. The van der Waals surface area contributed by atoms with Crippen LogP contribution in [0.1, 0.15) is 17.3 Å². The van der Waals surface area contributed by atoms with Gasteiger partial charge in [-0.25, -0.2) is 4.39 Å². The zero-order chi connectivity index (χ0) is 17.7. The molecule has 1 atom stereocenters. The molecule has 2 rings (SSSR count). The number of nitro groups is 1. The number of nitrogens with zero attached hydrogens (tertiary/aromatic N) is 1. The minimum absolute atomic E-state index is 0.0393. The molecule has 0 unspecified atom stereocenters. The minimum Gasteiger partial charge on any atom is -0.480 e. The van der Waals surface area contributed by atoms with Crippen molar-refractivity contribution in [2.24, 2.45) is 0 Å². The van der Waals surface area contributed by atoms with Crippen LogP contribution in [0.4, 0.5) is 15.8 Å². The Hall–Kier alpha value is -3.29. The highest BCUT2D eigenvalue weighted by molar-refractivity contribution is 5.94. The number of anilines is 1. The number of amides is 1. The second-order valence-corrected chi connectivity index (χ2v) is 4.86. The van der Waals surface area contributed by atoms with Gasteiger partial charge in [-0.05, 0) is 31.2 Å². The van der Waals surface area contributed by atoms with Crippen LogP contribution in [0.2, 0.25) is 0 Å². The molecule has 0 spiro atoms. The maximum atomic E-state index is 13.1. The van der Waals surface area contributed by atoms with E-state index in [1.165, 1.54) is 37.3 Å². The first kappa shape index (κ1) is 17.1. The first-order valence-corrected chi connectivity index (χ1v) is 6.87. The Kier molecular flexibility index (Phi) is 5.20. The summed E-state index contributed by atoms with van der Waals surface area (Å²) in [5.74, 6) is -1.02. The molecule has 2 aromatic carbocycles. The van der Waals surface area contributed by atoms with Crippen molar-refractivity contribution in [3.05, 3.63) is 64.0 Å². The number of ether oxygens (including phenoxy) is 1. The topological polar surface area (TPSA) is 98.5 Å². The SMILES string of the molecule is C[C@H](Oc1ccc([N+](=O)[O-])cc1C=O)C(=O)Nc1cccc(F)c1. The number of nitro benzene ring substituents is 1. The molecule has 0 aromatic heterocycles. The Bertz CT molecular complexity index is 794. The molecule has 0 saturated carbocycles. The van der Waals surface area contributed by atoms with Crippen molar-refractivity contribution < 1.29 is 23.6 Å². The van der Waals surface area contributed by atoms with Crippen LogP contribution in [-0.4, -0.2) is 23.2 Å². The molecular formula is C16H13FN2O5. The summed E-state index contributed by atoms with van der Waals surface area (Å²) in [5, 5.41) is 13.2. The number of benzene rings is 2. The van der Waals surface area contributed by atoms with Crippen molar-refractivity contribution in [1.29, 1.82) is 0 Å². The van der Waals surface area contributed by atoms with Crippen molar-refractivity contribution in [1.82, 2.24) is 0 Å². The summed E-state index contributed by atoms with van der Waals surface area (Å²) < 4.78 is 18.5. The van der Waals surface area contributed by atoms with Gasteiger partial charge < -0.3 is 10.1 Å². The molecule has 0 heterocycles. The van der Waals surface area contributed by atoms with Gasteiger partial charge in [0.1, 0.15) is 11.6 Å². The smallest absolute Gasteiger partial charge is 0.270 e. The molecule has 2 aromatic rings. The predicted molar refractivity (Wildman–Crippen MR) is 83.6 cm³/mol. The number of carbonyl (C=O) groups excluding carboxylic acids is 2. The van der Waals surface area contributed by atoms with E-state index in [0.717, 1.165) is 12.1 Å². The van der Waals surface area contributed by atoms with Crippen molar-refractivity contribution in [3.8, 4) is 5.75 Å². The number of halogens is 1. The van der Waals surface area contributed by atoms with Gasteiger partial charge in [-0.1, -0.05) is 6.07 Å². The third-order valence-corrected chi connectivity index (χ3v) is 3.10. The highest BCUT2D eigenvalue weighted by Gasteiger charge is 2.18. The maximum absolute atomic E-state index is 13.1. The van der Waals surface area contributed by atoms with E-state index in [4.69, 9.17) is 4.74 Å². The zero-order valence-electron chi connectivity index (χ0n) is 12.6.